The van der Waals surface area contributed by atoms with Gasteiger partial charge in [-0.3, -0.25) is 9.69 Å². The first-order valence-corrected chi connectivity index (χ1v) is 6.04. The lowest BCUT2D eigenvalue weighted by Crippen LogP contribution is -2.39. The molecule has 3 nitrogen and oxygen atoms in total. The van der Waals surface area contributed by atoms with Crippen LogP contribution in [0.5, 0.6) is 0 Å². The van der Waals surface area contributed by atoms with Gasteiger partial charge in [0, 0.05) is 32.0 Å². The van der Waals surface area contributed by atoms with Crippen LogP contribution in [0, 0.1) is 0 Å². The molecule has 1 fully saturated rings. The second-order valence-electron chi connectivity index (χ2n) is 4.77. The largest absolute Gasteiger partial charge is 0.308 e. The first-order valence-electron chi connectivity index (χ1n) is 6.04. The predicted octanol–water partition coefficient (Wildman–Crippen LogP) is 1.38. The fourth-order valence-corrected chi connectivity index (χ4v) is 2.20. The van der Waals surface area contributed by atoms with Crippen molar-refractivity contribution in [2.24, 2.45) is 0 Å². The molecule has 0 saturated heterocycles. The topological polar surface area (TPSA) is 23.6 Å². The zero-order valence-electron chi connectivity index (χ0n) is 10.3. The Labute approximate surface area is 93.4 Å². The molecule has 0 bridgehead atoms. The van der Waals surface area contributed by atoms with Gasteiger partial charge in [0.1, 0.15) is 5.78 Å². The molecule has 0 aliphatic heterocycles. The molecule has 0 radical (unpaired) electrons. The summed E-state index contributed by atoms with van der Waals surface area (Å²) in [6.45, 7) is 5.52. The minimum absolute atomic E-state index is 0.450. The Balaban J connectivity index is 2.38. The summed E-state index contributed by atoms with van der Waals surface area (Å²) in [5.41, 5.74) is 0. The van der Waals surface area contributed by atoms with Crippen molar-refractivity contribution in [3.05, 3.63) is 0 Å². The molecule has 1 aliphatic rings. The molecular formula is C12H24N2O. The maximum absolute atomic E-state index is 11.3. The van der Waals surface area contributed by atoms with E-state index >= 15 is 0 Å². The quantitative estimate of drug-likeness (QED) is 0.664. The molecule has 1 saturated carbocycles. The predicted molar refractivity (Wildman–Crippen MR) is 63.1 cm³/mol. The number of hydrogen-bond acceptors (Lipinski definition) is 3. The molecule has 1 rings (SSSR count). The first kappa shape index (κ1) is 12.7. The van der Waals surface area contributed by atoms with Gasteiger partial charge in [0.15, 0.2) is 0 Å². The van der Waals surface area contributed by atoms with Gasteiger partial charge in [0.2, 0.25) is 0 Å². The number of likely N-dealkylation sites (N-methyl/N-ethyl adjacent to an activating group) is 1. The molecule has 0 aromatic rings. The number of rotatable bonds is 6. The lowest BCUT2D eigenvalue weighted by molar-refractivity contribution is -0.117. The van der Waals surface area contributed by atoms with E-state index in [1.165, 1.54) is 6.42 Å². The molecule has 1 atom stereocenters. The summed E-state index contributed by atoms with van der Waals surface area (Å²) < 4.78 is 0. The number of Topliss-reactive ketones (excluding diaryl/α,β-unsaturated/α-hetero) is 1. The minimum atomic E-state index is 0.450. The van der Waals surface area contributed by atoms with Crippen molar-refractivity contribution in [3.63, 3.8) is 0 Å². The van der Waals surface area contributed by atoms with E-state index < -0.39 is 0 Å². The zero-order chi connectivity index (χ0) is 11.3. The van der Waals surface area contributed by atoms with Gasteiger partial charge in [0.25, 0.3) is 0 Å². The van der Waals surface area contributed by atoms with E-state index in [1.807, 2.05) is 0 Å². The van der Waals surface area contributed by atoms with Crippen LogP contribution < -0.4 is 0 Å². The number of hydrogen-bond donors (Lipinski definition) is 0. The van der Waals surface area contributed by atoms with Crippen LogP contribution in [0.2, 0.25) is 0 Å². The highest BCUT2D eigenvalue weighted by atomic mass is 16.1. The van der Waals surface area contributed by atoms with E-state index in [0.29, 0.717) is 11.8 Å². The van der Waals surface area contributed by atoms with Gasteiger partial charge < -0.3 is 4.90 Å². The van der Waals surface area contributed by atoms with Crippen molar-refractivity contribution in [1.82, 2.24) is 9.80 Å². The van der Waals surface area contributed by atoms with Gasteiger partial charge in [-0.05, 0) is 33.5 Å². The van der Waals surface area contributed by atoms with Crippen molar-refractivity contribution in [2.45, 2.75) is 38.6 Å². The summed E-state index contributed by atoms with van der Waals surface area (Å²) in [7, 11) is 4.20. The first-order chi connectivity index (χ1) is 7.13. The van der Waals surface area contributed by atoms with Crippen LogP contribution in [0.25, 0.3) is 0 Å². The highest BCUT2D eigenvalue weighted by Gasteiger charge is 2.26. The van der Waals surface area contributed by atoms with Crippen molar-refractivity contribution in [2.75, 3.05) is 33.7 Å². The Morgan fingerprint density at radius 3 is 2.47 bits per heavy atom. The molecule has 1 unspecified atom stereocenters. The van der Waals surface area contributed by atoms with E-state index in [2.05, 4.69) is 30.8 Å². The average molecular weight is 212 g/mol. The third kappa shape index (κ3) is 4.31. The molecule has 1 aliphatic carbocycles. The smallest absolute Gasteiger partial charge is 0.134 e. The van der Waals surface area contributed by atoms with E-state index in [-0.39, 0.29) is 0 Å². The Hall–Kier alpha value is -0.410. The Morgan fingerprint density at radius 2 is 2.00 bits per heavy atom. The Kier molecular flexibility index (Phi) is 5.26. The molecule has 0 aromatic heterocycles. The highest BCUT2D eigenvalue weighted by molar-refractivity contribution is 5.81. The number of nitrogens with zero attached hydrogens (tertiary/aromatic N) is 2. The van der Waals surface area contributed by atoms with Crippen LogP contribution in [-0.4, -0.2) is 55.4 Å². The van der Waals surface area contributed by atoms with Gasteiger partial charge in [0.05, 0.1) is 0 Å². The van der Waals surface area contributed by atoms with Gasteiger partial charge in [-0.1, -0.05) is 6.92 Å². The van der Waals surface area contributed by atoms with Crippen molar-refractivity contribution < 1.29 is 4.79 Å². The minimum Gasteiger partial charge on any atom is -0.308 e. The van der Waals surface area contributed by atoms with E-state index in [9.17, 15) is 4.79 Å². The van der Waals surface area contributed by atoms with E-state index in [1.54, 1.807) is 0 Å². The third-order valence-electron chi connectivity index (χ3n) is 3.08. The summed E-state index contributed by atoms with van der Waals surface area (Å²) in [6, 6.07) is 0.525. The second-order valence-corrected chi connectivity index (χ2v) is 4.77. The summed E-state index contributed by atoms with van der Waals surface area (Å²) in [6.07, 6.45) is 3.84. The molecule has 15 heavy (non-hydrogen) atoms. The van der Waals surface area contributed by atoms with Crippen molar-refractivity contribution >= 4 is 5.78 Å². The molecule has 3 heteroatoms. The lowest BCUT2D eigenvalue weighted by atomic mass is 10.2. The fourth-order valence-electron chi connectivity index (χ4n) is 2.20. The molecule has 0 spiro atoms. The second kappa shape index (κ2) is 6.23. The summed E-state index contributed by atoms with van der Waals surface area (Å²) in [5, 5.41) is 0. The zero-order valence-corrected chi connectivity index (χ0v) is 10.3. The van der Waals surface area contributed by atoms with Crippen LogP contribution in [0.15, 0.2) is 0 Å². The fraction of sp³-hybridized carbons (Fsp3) is 0.917. The normalized spacial score (nSPS) is 21.9. The van der Waals surface area contributed by atoms with Crippen LogP contribution in [0.3, 0.4) is 0 Å². The van der Waals surface area contributed by atoms with Gasteiger partial charge in [-0.15, -0.1) is 0 Å². The van der Waals surface area contributed by atoms with Gasteiger partial charge >= 0.3 is 0 Å². The van der Waals surface area contributed by atoms with Crippen LogP contribution >= 0.6 is 0 Å². The molecule has 0 N–H and O–H groups in total. The number of ketones is 1. The highest BCUT2D eigenvalue weighted by Crippen LogP contribution is 2.20. The van der Waals surface area contributed by atoms with Crippen LogP contribution in [-0.2, 0) is 4.79 Å². The SMILES string of the molecule is CCCN(CCN(C)C)C1CCC(=O)C1. The number of carbonyl (C=O) groups excluding carboxylic acids is 1. The monoisotopic (exact) mass is 212 g/mol. The molecular weight excluding hydrogens is 188 g/mol. The van der Waals surface area contributed by atoms with Gasteiger partial charge in [-0.25, -0.2) is 0 Å². The summed E-state index contributed by atoms with van der Waals surface area (Å²) in [4.78, 5) is 16.0. The molecule has 0 amide bonds. The van der Waals surface area contributed by atoms with E-state index in [4.69, 9.17) is 0 Å². The van der Waals surface area contributed by atoms with E-state index in [0.717, 1.165) is 38.9 Å². The summed E-state index contributed by atoms with van der Waals surface area (Å²) in [5.74, 6) is 0.450. The van der Waals surface area contributed by atoms with Crippen LogP contribution in [0.1, 0.15) is 32.6 Å². The van der Waals surface area contributed by atoms with Crippen LogP contribution in [0.4, 0.5) is 0 Å². The molecule has 0 heterocycles. The lowest BCUT2D eigenvalue weighted by Gasteiger charge is -2.29. The molecule has 88 valence electrons. The number of carbonyl (C=O) groups is 1. The standard InChI is InChI=1S/C12H24N2O/c1-4-7-14(9-8-13(2)3)11-5-6-12(15)10-11/h11H,4-10H2,1-3H3. The molecule has 0 aromatic carbocycles. The summed E-state index contributed by atoms with van der Waals surface area (Å²) >= 11 is 0. The Morgan fingerprint density at radius 1 is 1.27 bits per heavy atom. The van der Waals surface area contributed by atoms with Crippen molar-refractivity contribution in [1.29, 1.82) is 0 Å². The third-order valence-corrected chi connectivity index (χ3v) is 3.08. The average Bonchev–Trinajstić information content (AvgIpc) is 2.59. The van der Waals surface area contributed by atoms with Gasteiger partial charge in [-0.2, -0.15) is 0 Å². The maximum Gasteiger partial charge on any atom is 0.134 e. The Bertz CT molecular complexity index is 204. The maximum atomic E-state index is 11.3. The van der Waals surface area contributed by atoms with Crippen molar-refractivity contribution in [3.8, 4) is 0 Å².